The van der Waals surface area contributed by atoms with Crippen molar-refractivity contribution >= 4 is 27.8 Å². The van der Waals surface area contributed by atoms with E-state index in [4.69, 9.17) is 11.5 Å². The number of piperidine rings is 1. The molecule has 1 aliphatic rings. The molecule has 1 aromatic carbocycles. The fraction of sp³-hybridized carbons (Fsp3) is 0.429. The average Bonchev–Trinajstić information content (AvgIpc) is 2.47. The lowest BCUT2D eigenvalue weighted by atomic mass is 10.1. The summed E-state index contributed by atoms with van der Waals surface area (Å²) in [6.45, 7) is 2.42. The van der Waals surface area contributed by atoms with Gasteiger partial charge in [-0.05, 0) is 37.0 Å². The third-order valence-electron chi connectivity index (χ3n) is 3.25. The van der Waals surface area contributed by atoms with Gasteiger partial charge in [-0.3, -0.25) is 0 Å². The first-order chi connectivity index (χ1) is 9.65. The van der Waals surface area contributed by atoms with E-state index in [0.717, 1.165) is 36.0 Å². The first-order valence-corrected chi connectivity index (χ1v) is 7.58. The minimum Gasteiger partial charge on any atom is -0.369 e. The van der Waals surface area contributed by atoms with E-state index >= 15 is 0 Å². The molecule has 4 N–H and O–H groups in total. The van der Waals surface area contributed by atoms with Crippen molar-refractivity contribution in [2.45, 2.75) is 25.8 Å². The zero-order valence-corrected chi connectivity index (χ0v) is 13.0. The maximum absolute atomic E-state index is 5.95. The van der Waals surface area contributed by atoms with E-state index in [9.17, 15) is 0 Å². The molecule has 6 heteroatoms. The summed E-state index contributed by atoms with van der Waals surface area (Å²) in [5.74, 6) is 0.706. The van der Waals surface area contributed by atoms with Crippen molar-refractivity contribution in [3.8, 4) is 0 Å². The smallest absolute Gasteiger partial charge is 0.218 e. The summed E-state index contributed by atoms with van der Waals surface area (Å²) in [6, 6.07) is 7.95. The normalized spacial score (nSPS) is 17.4. The highest BCUT2D eigenvalue weighted by Crippen LogP contribution is 2.11. The van der Waals surface area contributed by atoms with Crippen LogP contribution in [0.25, 0.3) is 0 Å². The van der Waals surface area contributed by atoms with E-state index < -0.39 is 0 Å². The van der Waals surface area contributed by atoms with Crippen molar-refractivity contribution in [2.75, 3.05) is 13.1 Å². The van der Waals surface area contributed by atoms with Gasteiger partial charge in [0.2, 0.25) is 5.96 Å². The third-order valence-corrected chi connectivity index (χ3v) is 3.77. The van der Waals surface area contributed by atoms with Gasteiger partial charge in [-0.25, -0.2) is 4.99 Å². The topological polar surface area (TPSA) is 80.0 Å². The van der Waals surface area contributed by atoms with Crippen molar-refractivity contribution in [2.24, 2.45) is 21.5 Å². The maximum Gasteiger partial charge on any atom is 0.218 e. The summed E-state index contributed by atoms with van der Waals surface area (Å²) in [4.78, 5) is 10.5. The molecule has 5 nitrogen and oxygen atoms in total. The Morgan fingerprint density at radius 1 is 1.10 bits per heavy atom. The Kier molecular flexibility index (Phi) is 5.40. The monoisotopic (exact) mass is 337 g/mol. The van der Waals surface area contributed by atoms with Gasteiger partial charge in [0.05, 0.1) is 6.54 Å². The van der Waals surface area contributed by atoms with Gasteiger partial charge in [-0.2, -0.15) is 4.99 Å². The summed E-state index contributed by atoms with van der Waals surface area (Å²) < 4.78 is 1.05. The Hall–Kier alpha value is -1.56. The number of hydrogen-bond donors (Lipinski definition) is 2. The highest BCUT2D eigenvalue weighted by molar-refractivity contribution is 9.10. The lowest BCUT2D eigenvalue weighted by molar-refractivity contribution is 0.339. The number of aliphatic imine (C=N–C) groups is 2. The van der Waals surface area contributed by atoms with E-state index in [2.05, 4.69) is 30.8 Å². The van der Waals surface area contributed by atoms with Crippen LogP contribution in [-0.2, 0) is 6.54 Å². The van der Waals surface area contributed by atoms with Crippen LogP contribution in [0, 0.1) is 0 Å². The minimum atomic E-state index is 0.232. The molecule has 2 rings (SSSR count). The maximum atomic E-state index is 5.95. The first kappa shape index (κ1) is 14.8. The lowest BCUT2D eigenvalue weighted by Crippen LogP contribution is -2.41. The Morgan fingerprint density at radius 2 is 1.75 bits per heavy atom. The molecule has 0 amide bonds. The molecule has 0 saturated carbocycles. The molecule has 0 aliphatic carbocycles. The number of benzene rings is 1. The second kappa shape index (κ2) is 7.28. The molecule has 0 spiro atoms. The molecule has 0 atom stereocenters. The summed E-state index contributed by atoms with van der Waals surface area (Å²) >= 11 is 3.40. The van der Waals surface area contributed by atoms with E-state index in [-0.39, 0.29) is 5.96 Å². The molecule has 0 unspecified atom stereocenters. The van der Waals surface area contributed by atoms with Crippen LogP contribution in [-0.4, -0.2) is 29.9 Å². The molecule has 1 aliphatic heterocycles. The molecule has 0 radical (unpaired) electrons. The highest BCUT2D eigenvalue weighted by atomic mass is 79.9. The third kappa shape index (κ3) is 4.52. The van der Waals surface area contributed by atoms with Gasteiger partial charge in [0.25, 0.3) is 0 Å². The van der Waals surface area contributed by atoms with Crippen molar-refractivity contribution in [3.05, 3.63) is 34.3 Å². The van der Waals surface area contributed by atoms with Crippen LogP contribution in [0.15, 0.2) is 38.7 Å². The standard InChI is InChI=1S/C14H20BrN5/c15-12-6-4-11(5-7-12)10-18-13(16)19-14(17)20-8-2-1-3-9-20/h4-7H,1-3,8-10H2,(H4,16,17,18,19). The van der Waals surface area contributed by atoms with Crippen molar-refractivity contribution in [3.63, 3.8) is 0 Å². The molecule has 1 aromatic rings. The molecule has 1 saturated heterocycles. The molecule has 108 valence electrons. The second-order valence-electron chi connectivity index (χ2n) is 4.82. The van der Waals surface area contributed by atoms with Crippen LogP contribution in [0.1, 0.15) is 24.8 Å². The first-order valence-electron chi connectivity index (χ1n) is 6.78. The van der Waals surface area contributed by atoms with E-state index in [0.29, 0.717) is 12.5 Å². The molecule has 20 heavy (non-hydrogen) atoms. The summed E-state index contributed by atoms with van der Waals surface area (Å²) in [7, 11) is 0. The number of guanidine groups is 2. The molecule has 0 bridgehead atoms. The largest absolute Gasteiger partial charge is 0.369 e. The minimum absolute atomic E-state index is 0.232. The Balaban J connectivity index is 1.93. The van der Waals surface area contributed by atoms with Gasteiger partial charge in [-0.1, -0.05) is 28.1 Å². The summed E-state index contributed by atoms with van der Waals surface area (Å²) in [6.07, 6.45) is 3.58. The molecule has 0 aromatic heterocycles. The number of nitrogens with two attached hydrogens (primary N) is 2. The zero-order chi connectivity index (χ0) is 14.4. The van der Waals surface area contributed by atoms with Crippen LogP contribution in [0.2, 0.25) is 0 Å². The van der Waals surface area contributed by atoms with Crippen LogP contribution in [0.5, 0.6) is 0 Å². The number of nitrogens with zero attached hydrogens (tertiary/aromatic N) is 3. The van der Waals surface area contributed by atoms with Crippen LogP contribution in [0.3, 0.4) is 0 Å². The molecular weight excluding hydrogens is 318 g/mol. The molecular formula is C14H20BrN5. The Bertz CT molecular complexity index is 489. The van der Waals surface area contributed by atoms with Gasteiger partial charge in [0, 0.05) is 17.6 Å². The average molecular weight is 338 g/mol. The Labute approximate surface area is 127 Å². The fourth-order valence-electron chi connectivity index (χ4n) is 2.11. The quantitative estimate of drug-likeness (QED) is 0.640. The predicted octanol–water partition coefficient (Wildman–Crippen LogP) is 2.06. The number of halogens is 1. The predicted molar refractivity (Wildman–Crippen MR) is 86.5 cm³/mol. The van der Waals surface area contributed by atoms with Crippen molar-refractivity contribution < 1.29 is 0 Å². The number of likely N-dealkylation sites (tertiary alicyclic amines) is 1. The van der Waals surface area contributed by atoms with Gasteiger partial charge in [0.1, 0.15) is 0 Å². The van der Waals surface area contributed by atoms with E-state index in [1.807, 2.05) is 24.3 Å². The lowest BCUT2D eigenvalue weighted by Gasteiger charge is -2.27. The van der Waals surface area contributed by atoms with Crippen LogP contribution >= 0.6 is 15.9 Å². The van der Waals surface area contributed by atoms with Crippen molar-refractivity contribution in [1.29, 1.82) is 0 Å². The van der Waals surface area contributed by atoms with E-state index in [1.165, 1.54) is 6.42 Å². The SMILES string of the molecule is NC(=NCc1ccc(Br)cc1)/N=C(\N)N1CCCCC1. The zero-order valence-electron chi connectivity index (χ0n) is 11.4. The fourth-order valence-corrected chi connectivity index (χ4v) is 2.37. The second-order valence-corrected chi connectivity index (χ2v) is 5.73. The van der Waals surface area contributed by atoms with Crippen LogP contribution < -0.4 is 11.5 Å². The summed E-state index contributed by atoms with van der Waals surface area (Å²) in [5.41, 5.74) is 12.8. The number of hydrogen-bond acceptors (Lipinski definition) is 1. The van der Waals surface area contributed by atoms with Gasteiger partial charge in [-0.15, -0.1) is 0 Å². The highest BCUT2D eigenvalue weighted by Gasteiger charge is 2.12. The van der Waals surface area contributed by atoms with Gasteiger partial charge < -0.3 is 16.4 Å². The van der Waals surface area contributed by atoms with Crippen molar-refractivity contribution in [1.82, 2.24) is 4.90 Å². The molecule has 1 heterocycles. The van der Waals surface area contributed by atoms with E-state index in [1.54, 1.807) is 0 Å². The summed E-state index contributed by atoms with van der Waals surface area (Å²) in [5, 5.41) is 0. The van der Waals surface area contributed by atoms with Crippen LogP contribution in [0.4, 0.5) is 0 Å². The van der Waals surface area contributed by atoms with Gasteiger partial charge in [0.15, 0.2) is 5.96 Å². The molecule has 1 fully saturated rings. The Morgan fingerprint density at radius 3 is 2.40 bits per heavy atom. The van der Waals surface area contributed by atoms with Gasteiger partial charge >= 0.3 is 0 Å². The number of rotatable bonds is 2.